The lowest BCUT2D eigenvalue weighted by molar-refractivity contribution is -0.122. The van der Waals surface area contributed by atoms with E-state index >= 15 is 0 Å². The van der Waals surface area contributed by atoms with E-state index in [4.69, 9.17) is 9.47 Å². The second-order valence-corrected chi connectivity index (χ2v) is 9.39. The number of para-hydroxylation sites is 1. The van der Waals surface area contributed by atoms with Crippen molar-refractivity contribution in [2.45, 2.75) is 19.4 Å². The number of anilines is 2. The summed E-state index contributed by atoms with van der Waals surface area (Å²) in [5, 5.41) is 2.49. The molecule has 1 N–H and O–H groups in total. The molecule has 0 radical (unpaired) electrons. The highest BCUT2D eigenvalue weighted by Crippen LogP contribution is 2.24. The van der Waals surface area contributed by atoms with Gasteiger partial charge < -0.3 is 14.4 Å². The first kappa shape index (κ1) is 23.3. The van der Waals surface area contributed by atoms with Crippen LogP contribution in [0.1, 0.15) is 23.7 Å². The van der Waals surface area contributed by atoms with Crippen LogP contribution in [0.4, 0.5) is 16.2 Å². The van der Waals surface area contributed by atoms with E-state index in [1.807, 2.05) is 0 Å². The maximum Gasteiger partial charge on any atom is 0.411 e. The van der Waals surface area contributed by atoms with Crippen molar-refractivity contribution in [3.63, 3.8) is 0 Å². The Kier molecular flexibility index (Phi) is 7.47. The number of benzene rings is 2. The molecule has 1 heterocycles. The molecule has 1 atom stereocenters. The van der Waals surface area contributed by atoms with E-state index < -0.39 is 40.5 Å². The van der Waals surface area contributed by atoms with E-state index in [1.165, 1.54) is 17.0 Å². The third-order valence-electron chi connectivity index (χ3n) is 4.82. The number of ether oxygens (including phenoxy) is 2. The minimum absolute atomic E-state index is 0.00826. The van der Waals surface area contributed by atoms with E-state index in [0.717, 1.165) is 0 Å². The molecule has 0 aromatic heterocycles. The summed E-state index contributed by atoms with van der Waals surface area (Å²) in [6, 6.07) is 14.2. The molecule has 2 aromatic rings. The minimum atomic E-state index is -3.22. The molecule has 9 nitrogen and oxygen atoms in total. The number of sulfone groups is 1. The highest BCUT2D eigenvalue weighted by Gasteiger charge is 2.35. The summed E-state index contributed by atoms with van der Waals surface area (Å²) in [4.78, 5) is 38.3. The van der Waals surface area contributed by atoms with Crippen molar-refractivity contribution in [1.29, 1.82) is 0 Å². The SMILES string of the molecule is CCOC(=O)Nc1cccc(C(=O)OCC(=O)N(c2ccccc2)C2CCS(=O)(=O)C2)c1. The maximum atomic E-state index is 12.9. The van der Waals surface area contributed by atoms with Gasteiger partial charge in [0.05, 0.1) is 29.7 Å². The Morgan fingerprint density at radius 1 is 1.06 bits per heavy atom. The predicted octanol–water partition coefficient (Wildman–Crippen LogP) is 2.63. The molecule has 10 heteroatoms. The Bertz CT molecular complexity index is 1090. The minimum Gasteiger partial charge on any atom is -0.452 e. The first-order chi connectivity index (χ1) is 15.3. The summed E-state index contributed by atoms with van der Waals surface area (Å²) in [5.41, 5.74) is 1.02. The Hall–Kier alpha value is -3.40. The predicted molar refractivity (Wildman–Crippen MR) is 118 cm³/mol. The van der Waals surface area contributed by atoms with Crippen molar-refractivity contribution in [2.24, 2.45) is 0 Å². The van der Waals surface area contributed by atoms with Crippen molar-refractivity contribution < 1.29 is 32.3 Å². The molecule has 170 valence electrons. The van der Waals surface area contributed by atoms with Gasteiger partial charge in [-0.05, 0) is 43.7 Å². The van der Waals surface area contributed by atoms with Gasteiger partial charge in [0.1, 0.15) is 0 Å². The molecule has 0 saturated carbocycles. The fourth-order valence-electron chi connectivity index (χ4n) is 3.42. The van der Waals surface area contributed by atoms with Crippen LogP contribution in [0.3, 0.4) is 0 Å². The molecule has 32 heavy (non-hydrogen) atoms. The monoisotopic (exact) mass is 460 g/mol. The van der Waals surface area contributed by atoms with Crippen LogP contribution in [-0.2, 0) is 24.1 Å². The summed E-state index contributed by atoms with van der Waals surface area (Å²) in [5.74, 6) is -1.40. The van der Waals surface area contributed by atoms with Gasteiger partial charge in [-0.15, -0.1) is 0 Å². The summed E-state index contributed by atoms with van der Waals surface area (Å²) in [6.45, 7) is 1.32. The van der Waals surface area contributed by atoms with E-state index in [1.54, 1.807) is 49.4 Å². The van der Waals surface area contributed by atoms with Crippen molar-refractivity contribution in [2.75, 3.05) is 34.9 Å². The molecule has 0 bridgehead atoms. The average molecular weight is 461 g/mol. The molecule has 0 aliphatic carbocycles. The van der Waals surface area contributed by atoms with Crippen molar-refractivity contribution in [3.05, 3.63) is 60.2 Å². The maximum absolute atomic E-state index is 12.9. The molecule has 1 unspecified atom stereocenters. The zero-order valence-corrected chi connectivity index (χ0v) is 18.3. The van der Waals surface area contributed by atoms with Gasteiger partial charge in [0.2, 0.25) is 0 Å². The molecule has 1 saturated heterocycles. The summed E-state index contributed by atoms with van der Waals surface area (Å²) < 4.78 is 33.9. The number of hydrogen-bond acceptors (Lipinski definition) is 7. The van der Waals surface area contributed by atoms with Crippen molar-refractivity contribution in [3.8, 4) is 0 Å². The molecule has 3 rings (SSSR count). The summed E-state index contributed by atoms with van der Waals surface area (Å²) in [6.07, 6.45) is -0.336. The number of hydrogen-bond donors (Lipinski definition) is 1. The third-order valence-corrected chi connectivity index (χ3v) is 6.57. The average Bonchev–Trinajstić information content (AvgIpc) is 3.12. The summed E-state index contributed by atoms with van der Waals surface area (Å²) >= 11 is 0. The molecule has 1 fully saturated rings. The van der Waals surface area contributed by atoms with E-state index in [9.17, 15) is 22.8 Å². The molecule has 1 aliphatic heterocycles. The van der Waals surface area contributed by atoms with Crippen molar-refractivity contribution >= 4 is 39.2 Å². The summed E-state index contributed by atoms with van der Waals surface area (Å²) in [7, 11) is -3.22. The van der Waals surface area contributed by atoms with Crippen LogP contribution in [0.5, 0.6) is 0 Å². The van der Waals surface area contributed by atoms with Crippen LogP contribution < -0.4 is 10.2 Å². The highest BCUT2D eigenvalue weighted by atomic mass is 32.2. The lowest BCUT2D eigenvalue weighted by atomic mass is 10.2. The number of rotatable bonds is 7. The number of esters is 1. The number of carbonyl (C=O) groups excluding carboxylic acids is 3. The van der Waals surface area contributed by atoms with E-state index in [2.05, 4.69) is 5.32 Å². The smallest absolute Gasteiger partial charge is 0.411 e. The lowest BCUT2D eigenvalue weighted by Crippen LogP contribution is -2.43. The van der Waals surface area contributed by atoms with Crippen LogP contribution in [-0.4, -0.2) is 57.1 Å². The highest BCUT2D eigenvalue weighted by molar-refractivity contribution is 7.91. The second-order valence-electron chi connectivity index (χ2n) is 7.16. The molecule has 0 spiro atoms. The van der Waals surface area contributed by atoms with E-state index in [0.29, 0.717) is 17.8 Å². The third kappa shape index (κ3) is 6.07. The van der Waals surface area contributed by atoms with Gasteiger partial charge in [0.25, 0.3) is 5.91 Å². The van der Waals surface area contributed by atoms with Crippen molar-refractivity contribution in [1.82, 2.24) is 0 Å². The Morgan fingerprint density at radius 2 is 1.81 bits per heavy atom. The van der Waals surface area contributed by atoms with Gasteiger partial charge in [0.15, 0.2) is 16.4 Å². The number of carbonyl (C=O) groups is 3. The number of nitrogens with one attached hydrogen (secondary N) is 1. The molecular weight excluding hydrogens is 436 g/mol. The van der Waals surface area contributed by atoms with Crippen LogP contribution in [0.25, 0.3) is 0 Å². The first-order valence-corrected chi connectivity index (χ1v) is 11.9. The van der Waals surface area contributed by atoms with E-state index in [-0.39, 0.29) is 23.7 Å². The van der Waals surface area contributed by atoms with Gasteiger partial charge in [-0.25, -0.2) is 18.0 Å². The molecular formula is C22H24N2O7S. The molecule has 1 aliphatic rings. The largest absolute Gasteiger partial charge is 0.452 e. The molecule has 2 aromatic carbocycles. The fourth-order valence-corrected chi connectivity index (χ4v) is 5.12. The van der Waals surface area contributed by atoms with Crippen LogP contribution in [0.15, 0.2) is 54.6 Å². The number of amides is 2. The first-order valence-electron chi connectivity index (χ1n) is 10.1. The van der Waals surface area contributed by atoms with Gasteiger partial charge in [0, 0.05) is 11.4 Å². The second kappa shape index (κ2) is 10.3. The van der Waals surface area contributed by atoms with Crippen LogP contribution in [0, 0.1) is 0 Å². The topological polar surface area (TPSA) is 119 Å². The van der Waals surface area contributed by atoms with Gasteiger partial charge in [-0.1, -0.05) is 24.3 Å². The quantitative estimate of drug-likeness (QED) is 0.631. The normalized spacial score (nSPS) is 16.7. The molecule has 2 amide bonds. The number of nitrogens with zero attached hydrogens (tertiary/aromatic N) is 1. The standard InChI is InChI=1S/C22H24N2O7S/c1-2-30-22(27)23-17-8-6-7-16(13-17)21(26)31-14-20(25)24(18-9-4-3-5-10-18)19-11-12-32(28,29)15-19/h3-10,13,19H,2,11-12,14-15H2,1H3,(H,23,27). The van der Waals surface area contributed by atoms with Crippen LogP contribution in [0.2, 0.25) is 0 Å². The Balaban J connectivity index is 1.68. The van der Waals surface area contributed by atoms with Crippen LogP contribution >= 0.6 is 0 Å². The van der Waals surface area contributed by atoms with Gasteiger partial charge in [-0.2, -0.15) is 0 Å². The zero-order chi connectivity index (χ0) is 23.1. The van der Waals surface area contributed by atoms with Gasteiger partial charge >= 0.3 is 12.1 Å². The lowest BCUT2D eigenvalue weighted by Gasteiger charge is -2.28. The zero-order valence-electron chi connectivity index (χ0n) is 17.5. The van der Waals surface area contributed by atoms with Gasteiger partial charge in [-0.3, -0.25) is 10.1 Å². The fraction of sp³-hybridized carbons (Fsp3) is 0.318. The Morgan fingerprint density at radius 3 is 2.47 bits per heavy atom. The Labute approximate surface area is 186 Å².